The Morgan fingerprint density at radius 1 is 1.16 bits per heavy atom. The molecule has 31 heavy (non-hydrogen) atoms. The molecule has 7 nitrogen and oxygen atoms in total. The van der Waals surface area contributed by atoms with Crippen molar-refractivity contribution < 1.29 is 23.5 Å². The molecule has 0 saturated heterocycles. The van der Waals surface area contributed by atoms with E-state index in [1.54, 1.807) is 30.3 Å². The van der Waals surface area contributed by atoms with E-state index in [0.29, 0.717) is 16.2 Å². The summed E-state index contributed by atoms with van der Waals surface area (Å²) in [7, 11) is 0. The van der Waals surface area contributed by atoms with E-state index >= 15 is 0 Å². The van der Waals surface area contributed by atoms with Gasteiger partial charge in [-0.05, 0) is 62.2 Å². The van der Waals surface area contributed by atoms with Crippen LogP contribution in [0.2, 0.25) is 5.02 Å². The monoisotopic (exact) mass is 443 g/mol. The van der Waals surface area contributed by atoms with Gasteiger partial charge >= 0.3 is 11.6 Å². The van der Waals surface area contributed by atoms with Gasteiger partial charge in [-0.1, -0.05) is 18.5 Å². The summed E-state index contributed by atoms with van der Waals surface area (Å²) in [5.41, 5.74) is 0.147. The lowest BCUT2D eigenvalue weighted by Crippen LogP contribution is -2.34. The Morgan fingerprint density at radius 3 is 2.65 bits per heavy atom. The number of carbonyl (C=O) groups is 2. The number of esters is 1. The molecule has 0 aliphatic rings. The Balaban J connectivity index is 1.70. The molecule has 0 fully saturated rings. The predicted molar refractivity (Wildman–Crippen MR) is 117 cm³/mol. The first-order chi connectivity index (χ1) is 14.8. The molecule has 1 unspecified atom stereocenters. The molecule has 3 aromatic rings. The minimum atomic E-state index is -0.765. The molecule has 0 radical (unpaired) electrons. The molecule has 0 aliphatic heterocycles. The minimum absolute atomic E-state index is 0.0664. The number of ether oxygens (including phenoxy) is 2. The third-order valence-electron chi connectivity index (χ3n) is 4.66. The first kappa shape index (κ1) is 22.4. The minimum Gasteiger partial charge on any atom is -0.482 e. The molecule has 0 aliphatic carbocycles. The van der Waals surface area contributed by atoms with Gasteiger partial charge in [-0.2, -0.15) is 0 Å². The Hall–Kier alpha value is -3.32. The Labute approximate surface area is 183 Å². The van der Waals surface area contributed by atoms with Crippen LogP contribution in [0.4, 0.5) is 0 Å². The molecular weight excluding hydrogens is 422 g/mol. The maximum atomic E-state index is 12.3. The van der Waals surface area contributed by atoms with Crippen LogP contribution in [0.15, 0.2) is 51.7 Å². The lowest BCUT2D eigenvalue weighted by atomic mass is 10.1. The number of nitrogens with one attached hydrogen (secondary N) is 1. The average Bonchev–Trinajstić information content (AvgIpc) is 2.72. The summed E-state index contributed by atoms with van der Waals surface area (Å²) < 4.78 is 16.0. The molecule has 162 valence electrons. The summed E-state index contributed by atoms with van der Waals surface area (Å²) in [6, 6.07) is 11.0. The molecule has 2 aromatic carbocycles. The first-order valence-corrected chi connectivity index (χ1v) is 10.1. The zero-order valence-corrected chi connectivity index (χ0v) is 18.1. The van der Waals surface area contributed by atoms with E-state index in [1.807, 2.05) is 20.8 Å². The summed E-state index contributed by atoms with van der Waals surface area (Å²) in [6.07, 6.45) is 0.737. The Bertz CT molecular complexity index is 1190. The molecule has 1 amide bonds. The third-order valence-corrected chi connectivity index (χ3v) is 4.89. The van der Waals surface area contributed by atoms with Gasteiger partial charge in [0.2, 0.25) is 0 Å². The van der Waals surface area contributed by atoms with E-state index in [2.05, 4.69) is 5.32 Å². The van der Waals surface area contributed by atoms with E-state index in [-0.39, 0.29) is 29.5 Å². The van der Waals surface area contributed by atoms with Crippen LogP contribution < -0.4 is 20.4 Å². The summed E-state index contributed by atoms with van der Waals surface area (Å²) >= 11 is 5.90. The number of hydrogen-bond donors (Lipinski definition) is 1. The number of fused-ring (bicyclic) bond motifs is 1. The van der Waals surface area contributed by atoms with Crippen LogP contribution in [0.25, 0.3) is 11.0 Å². The lowest BCUT2D eigenvalue weighted by Gasteiger charge is -2.11. The van der Waals surface area contributed by atoms with Crippen molar-refractivity contribution in [3.8, 4) is 11.5 Å². The second-order valence-corrected chi connectivity index (χ2v) is 7.54. The van der Waals surface area contributed by atoms with Crippen molar-refractivity contribution in [2.75, 3.05) is 6.61 Å². The maximum Gasteiger partial charge on any atom is 0.349 e. The number of halogens is 1. The van der Waals surface area contributed by atoms with Gasteiger partial charge in [-0.15, -0.1) is 0 Å². The van der Waals surface area contributed by atoms with Gasteiger partial charge in [0.25, 0.3) is 5.91 Å². The summed E-state index contributed by atoms with van der Waals surface area (Å²) in [5.74, 6) is -0.404. The van der Waals surface area contributed by atoms with Gasteiger partial charge in [0.1, 0.15) is 22.6 Å². The van der Waals surface area contributed by atoms with Crippen LogP contribution in [0.3, 0.4) is 0 Å². The van der Waals surface area contributed by atoms with Gasteiger partial charge in [-0.3, -0.25) is 4.79 Å². The number of hydrogen-bond acceptors (Lipinski definition) is 6. The smallest absolute Gasteiger partial charge is 0.349 e. The molecule has 3 rings (SSSR count). The molecule has 1 N–H and O–H groups in total. The highest BCUT2D eigenvalue weighted by Crippen LogP contribution is 2.23. The largest absolute Gasteiger partial charge is 0.482 e. The van der Waals surface area contributed by atoms with Gasteiger partial charge in [0.05, 0.1) is 0 Å². The van der Waals surface area contributed by atoms with Crippen LogP contribution in [0.1, 0.15) is 36.2 Å². The predicted octanol–water partition coefficient (Wildman–Crippen LogP) is 4.27. The second-order valence-electron chi connectivity index (χ2n) is 7.10. The number of benzene rings is 2. The van der Waals surface area contributed by atoms with E-state index in [1.165, 1.54) is 12.1 Å². The number of amides is 1. The summed E-state index contributed by atoms with van der Waals surface area (Å²) in [5, 5.41) is 3.84. The van der Waals surface area contributed by atoms with Crippen molar-refractivity contribution in [2.45, 2.75) is 33.2 Å². The zero-order valence-electron chi connectivity index (χ0n) is 17.4. The van der Waals surface area contributed by atoms with Crippen molar-refractivity contribution in [3.63, 3.8) is 0 Å². The van der Waals surface area contributed by atoms with E-state index in [4.69, 9.17) is 25.5 Å². The maximum absolute atomic E-state index is 12.3. The highest BCUT2D eigenvalue weighted by molar-refractivity contribution is 6.30. The molecule has 0 saturated carbocycles. The van der Waals surface area contributed by atoms with E-state index in [0.717, 1.165) is 12.0 Å². The topological polar surface area (TPSA) is 94.8 Å². The SMILES string of the molecule is CCC(C)NC(=O)c1cc2ccc(OC(=O)COc3ccc(Cl)cc3C)cc2oc1=O. The molecule has 0 bridgehead atoms. The van der Waals surface area contributed by atoms with Crippen molar-refractivity contribution in [3.05, 3.63) is 69.0 Å². The van der Waals surface area contributed by atoms with Crippen LogP contribution in [0.5, 0.6) is 11.5 Å². The van der Waals surface area contributed by atoms with Crippen LogP contribution >= 0.6 is 11.6 Å². The van der Waals surface area contributed by atoms with Crippen LogP contribution in [-0.4, -0.2) is 24.5 Å². The fourth-order valence-electron chi connectivity index (χ4n) is 2.79. The quantitative estimate of drug-likeness (QED) is 0.333. The Kier molecular flexibility index (Phi) is 6.97. The summed E-state index contributed by atoms with van der Waals surface area (Å²) in [4.78, 5) is 36.6. The van der Waals surface area contributed by atoms with Gasteiger partial charge < -0.3 is 19.2 Å². The van der Waals surface area contributed by atoms with E-state index in [9.17, 15) is 14.4 Å². The molecule has 1 heterocycles. The Morgan fingerprint density at radius 2 is 1.94 bits per heavy atom. The fourth-order valence-corrected chi connectivity index (χ4v) is 3.02. The number of carbonyl (C=O) groups excluding carboxylic acids is 2. The molecule has 1 aromatic heterocycles. The second kappa shape index (κ2) is 9.66. The van der Waals surface area contributed by atoms with Crippen molar-refractivity contribution in [2.24, 2.45) is 0 Å². The van der Waals surface area contributed by atoms with Crippen LogP contribution in [0, 0.1) is 6.92 Å². The third kappa shape index (κ3) is 5.64. The van der Waals surface area contributed by atoms with E-state index < -0.39 is 17.5 Å². The normalized spacial score (nSPS) is 11.7. The van der Waals surface area contributed by atoms with Crippen LogP contribution in [-0.2, 0) is 4.79 Å². The van der Waals surface area contributed by atoms with Crippen molar-refractivity contribution in [1.29, 1.82) is 0 Å². The molecule has 8 heteroatoms. The standard InChI is InChI=1S/C23H22ClNO6/c1-4-14(3)25-22(27)18-10-15-5-7-17(11-20(15)31-23(18)28)30-21(26)12-29-19-8-6-16(24)9-13(19)2/h5-11,14H,4,12H2,1-3H3,(H,25,27). The van der Waals surface area contributed by atoms with Crippen molar-refractivity contribution in [1.82, 2.24) is 5.32 Å². The highest BCUT2D eigenvalue weighted by Gasteiger charge is 2.16. The summed E-state index contributed by atoms with van der Waals surface area (Å²) in [6.45, 7) is 5.28. The molecular formula is C23H22ClNO6. The van der Waals surface area contributed by atoms with Gasteiger partial charge in [0, 0.05) is 22.5 Å². The molecule has 0 spiro atoms. The number of rotatable bonds is 7. The highest BCUT2D eigenvalue weighted by atomic mass is 35.5. The lowest BCUT2D eigenvalue weighted by molar-refractivity contribution is -0.136. The zero-order chi connectivity index (χ0) is 22.5. The molecule has 1 atom stereocenters. The fraction of sp³-hybridized carbons (Fsp3) is 0.261. The average molecular weight is 444 g/mol. The number of aryl methyl sites for hydroxylation is 1. The van der Waals surface area contributed by atoms with Crippen molar-refractivity contribution >= 4 is 34.4 Å². The first-order valence-electron chi connectivity index (χ1n) is 9.75. The van der Waals surface area contributed by atoms with Gasteiger partial charge in [-0.25, -0.2) is 9.59 Å². The van der Waals surface area contributed by atoms with Gasteiger partial charge in [0.15, 0.2) is 6.61 Å².